The summed E-state index contributed by atoms with van der Waals surface area (Å²) in [6.07, 6.45) is 5.83. The summed E-state index contributed by atoms with van der Waals surface area (Å²) >= 11 is 0. The maximum Gasteiger partial charge on any atom is 0.240 e. The Hall–Kier alpha value is -1.13. The van der Waals surface area contributed by atoms with Gasteiger partial charge in [-0.1, -0.05) is 30.2 Å². The van der Waals surface area contributed by atoms with Crippen molar-refractivity contribution >= 4 is 10.0 Å². The van der Waals surface area contributed by atoms with Gasteiger partial charge in [-0.05, 0) is 44.2 Å². The second-order valence-corrected chi connectivity index (χ2v) is 6.97. The van der Waals surface area contributed by atoms with Gasteiger partial charge in [0.2, 0.25) is 10.0 Å². The number of rotatable bonds is 5. The van der Waals surface area contributed by atoms with E-state index < -0.39 is 10.0 Å². The molecule has 0 radical (unpaired) electrons. The van der Waals surface area contributed by atoms with E-state index in [1.54, 1.807) is 12.1 Å². The molecular weight excluding hydrogens is 258 g/mol. The second kappa shape index (κ2) is 5.88. The average molecular weight is 279 g/mol. The minimum Gasteiger partial charge on any atom is -0.208 e. The molecule has 1 aromatic rings. The summed E-state index contributed by atoms with van der Waals surface area (Å²) in [5.74, 6) is 0.387. The molecule has 0 aliphatic heterocycles. The van der Waals surface area contributed by atoms with Gasteiger partial charge in [0.1, 0.15) is 0 Å². The summed E-state index contributed by atoms with van der Waals surface area (Å²) in [6.45, 7) is 5.69. The summed E-state index contributed by atoms with van der Waals surface area (Å²) < 4.78 is 27.5. The molecule has 0 heterocycles. The van der Waals surface area contributed by atoms with Gasteiger partial charge in [0.15, 0.2) is 0 Å². The van der Waals surface area contributed by atoms with Crippen LogP contribution >= 0.6 is 0 Å². The van der Waals surface area contributed by atoms with Crippen molar-refractivity contribution in [2.45, 2.75) is 43.5 Å². The molecule has 0 amide bonds. The molecular formula is C15H21NO2S. The van der Waals surface area contributed by atoms with Crippen LogP contribution in [0.1, 0.15) is 31.2 Å². The van der Waals surface area contributed by atoms with Crippen LogP contribution in [0.3, 0.4) is 0 Å². The predicted octanol–water partition coefficient (Wildman–Crippen LogP) is 3.02. The van der Waals surface area contributed by atoms with E-state index in [0.29, 0.717) is 10.8 Å². The highest BCUT2D eigenvalue weighted by molar-refractivity contribution is 7.89. The van der Waals surface area contributed by atoms with Crippen molar-refractivity contribution in [1.82, 2.24) is 4.72 Å². The van der Waals surface area contributed by atoms with Crippen LogP contribution < -0.4 is 4.72 Å². The van der Waals surface area contributed by atoms with Crippen molar-refractivity contribution in [1.29, 1.82) is 0 Å². The third-order valence-electron chi connectivity index (χ3n) is 3.77. The SMILES string of the molecule is C=CCC1CCCC1NS(=O)(=O)c1ccc(C)cc1. The van der Waals surface area contributed by atoms with Gasteiger partial charge in [0.25, 0.3) is 0 Å². The fraction of sp³-hybridized carbons (Fsp3) is 0.467. The maximum absolute atomic E-state index is 12.3. The van der Waals surface area contributed by atoms with Crippen LogP contribution in [0, 0.1) is 12.8 Å². The summed E-state index contributed by atoms with van der Waals surface area (Å²) in [6, 6.07) is 7.02. The summed E-state index contributed by atoms with van der Waals surface area (Å²) in [5.41, 5.74) is 1.06. The van der Waals surface area contributed by atoms with Crippen molar-refractivity contribution in [2.75, 3.05) is 0 Å². The maximum atomic E-state index is 12.3. The van der Waals surface area contributed by atoms with Gasteiger partial charge in [-0.15, -0.1) is 6.58 Å². The third-order valence-corrected chi connectivity index (χ3v) is 5.27. The zero-order valence-electron chi connectivity index (χ0n) is 11.3. The van der Waals surface area contributed by atoms with E-state index in [1.165, 1.54) is 0 Å². The number of aryl methyl sites for hydroxylation is 1. The molecule has 0 bridgehead atoms. The highest BCUT2D eigenvalue weighted by Gasteiger charge is 2.30. The normalized spacial score (nSPS) is 23.4. The van der Waals surface area contributed by atoms with Crippen LogP contribution in [-0.4, -0.2) is 14.5 Å². The van der Waals surface area contributed by atoms with E-state index in [0.717, 1.165) is 31.2 Å². The van der Waals surface area contributed by atoms with Crippen LogP contribution in [0.25, 0.3) is 0 Å². The summed E-state index contributed by atoms with van der Waals surface area (Å²) in [5, 5.41) is 0. The zero-order chi connectivity index (χ0) is 13.9. The van der Waals surface area contributed by atoms with Crippen LogP contribution in [0.2, 0.25) is 0 Å². The first-order valence-corrected chi connectivity index (χ1v) is 8.21. The third kappa shape index (κ3) is 3.45. The van der Waals surface area contributed by atoms with Gasteiger partial charge in [-0.3, -0.25) is 0 Å². The van der Waals surface area contributed by atoms with Crippen molar-refractivity contribution < 1.29 is 8.42 Å². The Kier molecular flexibility index (Phi) is 4.42. The lowest BCUT2D eigenvalue weighted by molar-refractivity contribution is 0.448. The first-order valence-electron chi connectivity index (χ1n) is 6.73. The van der Waals surface area contributed by atoms with Gasteiger partial charge < -0.3 is 0 Å². The molecule has 1 aromatic carbocycles. The van der Waals surface area contributed by atoms with Crippen LogP contribution in [0.5, 0.6) is 0 Å². The number of hydrogen-bond donors (Lipinski definition) is 1. The lowest BCUT2D eigenvalue weighted by Gasteiger charge is -2.19. The van der Waals surface area contributed by atoms with Gasteiger partial charge in [0.05, 0.1) is 4.90 Å². The predicted molar refractivity (Wildman–Crippen MR) is 77.4 cm³/mol. The lowest BCUT2D eigenvalue weighted by Crippen LogP contribution is -2.37. The molecule has 1 fully saturated rings. The molecule has 4 heteroatoms. The van der Waals surface area contributed by atoms with Crippen molar-refractivity contribution in [3.05, 3.63) is 42.5 Å². The average Bonchev–Trinajstić information content (AvgIpc) is 2.77. The van der Waals surface area contributed by atoms with E-state index in [2.05, 4.69) is 11.3 Å². The van der Waals surface area contributed by atoms with Gasteiger partial charge in [0, 0.05) is 6.04 Å². The Labute approximate surface area is 115 Å². The molecule has 19 heavy (non-hydrogen) atoms. The molecule has 0 spiro atoms. The van der Waals surface area contributed by atoms with E-state index in [9.17, 15) is 8.42 Å². The fourth-order valence-electron chi connectivity index (χ4n) is 2.67. The Morgan fingerprint density at radius 3 is 2.63 bits per heavy atom. The van der Waals surface area contributed by atoms with Crippen molar-refractivity contribution in [3.63, 3.8) is 0 Å². The molecule has 2 rings (SSSR count). The van der Waals surface area contributed by atoms with Gasteiger partial charge in [-0.25, -0.2) is 13.1 Å². The van der Waals surface area contributed by atoms with Crippen molar-refractivity contribution in [3.8, 4) is 0 Å². The van der Waals surface area contributed by atoms with Crippen molar-refractivity contribution in [2.24, 2.45) is 5.92 Å². The Bertz CT molecular complexity index is 534. The smallest absolute Gasteiger partial charge is 0.208 e. The highest BCUT2D eigenvalue weighted by Crippen LogP contribution is 2.29. The quantitative estimate of drug-likeness (QED) is 0.842. The van der Waals surface area contributed by atoms with E-state index in [1.807, 2.05) is 25.1 Å². The molecule has 0 aromatic heterocycles. The summed E-state index contributed by atoms with van der Waals surface area (Å²) in [4.78, 5) is 0.349. The molecule has 1 aliphatic rings. The monoisotopic (exact) mass is 279 g/mol. The van der Waals surface area contributed by atoms with Crippen LogP contribution in [0.15, 0.2) is 41.8 Å². The van der Waals surface area contributed by atoms with E-state index in [-0.39, 0.29) is 6.04 Å². The fourth-order valence-corrected chi connectivity index (χ4v) is 4.01. The first kappa shape index (κ1) is 14.3. The molecule has 0 saturated heterocycles. The minimum atomic E-state index is -3.40. The summed E-state index contributed by atoms with van der Waals surface area (Å²) in [7, 11) is -3.40. The zero-order valence-corrected chi connectivity index (χ0v) is 12.1. The standard InChI is InChI=1S/C15H21NO2S/c1-3-5-13-6-4-7-15(13)16-19(17,18)14-10-8-12(2)9-11-14/h3,8-11,13,15-16H,1,4-7H2,2H3. The van der Waals surface area contributed by atoms with E-state index >= 15 is 0 Å². The molecule has 1 aliphatic carbocycles. The highest BCUT2D eigenvalue weighted by atomic mass is 32.2. The molecule has 1 N–H and O–H groups in total. The molecule has 2 unspecified atom stereocenters. The van der Waals surface area contributed by atoms with Gasteiger partial charge >= 0.3 is 0 Å². The second-order valence-electron chi connectivity index (χ2n) is 5.26. The number of benzene rings is 1. The number of hydrogen-bond acceptors (Lipinski definition) is 2. The molecule has 1 saturated carbocycles. The molecule has 3 nitrogen and oxygen atoms in total. The Morgan fingerprint density at radius 1 is 1.32 bits per heavy atom. The first-order chi connectivity index (χ1) is 9.03. The number of allylic oxidation sites excluding steroid dienone is 1. The minimum absolute atomic E-state index is 0.0457. The van der Waals surface area contributed by atoms with Crippen LogP contribution in [0.4, 0.5) is 0 Å². The largest absolute Gasteiger partial charge is 0.240 e. The Morgan fingerprint density at radius 2 is 2.00 bits per heavy atom. The van der Waals surface area contributed by atoms with Gasteiger partial charge in [-0.2, -0.15) is 0 Å². The topological polar surface area (TPSA) is 46.2 Å². The molecule has 104 valence electrons. The van der Waals surface area contributed by atoms with E-state index in [4.69, 9.17) is 0 Å². The molecule has 2 atom stereocenters. The Balaban J connectivity index is 2.12. The van der Waals surface area contributed by atoms with Crippen LogP contribution in [-0.2, 0) is 10.0 Å². The lowest BCUT2D eigenvalue weighted by atomic mass is 10.0. The number of sulfonamides is 1. The number of nitrogens with one attached hydrogen (secondary N) is 1.